The molecule has 2 aromatic carbocycles. The summed E-state index contributed by atoms with van der Waals surface area (Å²) in [6.07, 6.45) is 4.10. The summed E-state index contributed by atoms with van der Waals surface area (Å²) in [5.41, 5.74) is 7.31. The number of carboxylic acids is 1. The van der Waals surface area contributed by atoms with E-state index in [1.54, 1.807) is 0 Å². The number of rotatable bonds is 7. The molecule has 7 nitrogen and oxygen atoms in total. The molecule has 1 aromatic heterocycles. The number of carboxylic acid groups (broad SMARTS) is 1. The number of pyridine rings is 1. The minimum Gasteiger partial charge on any atom is -0.488 e. The van der Waals surface area contributed by atoms with Crippen LogP contribution in [0.15, 0.2) is 54.6 Å². The Balaban J connectivity index is 1.15. The van der Waals surface area contributed by atoms with E-state index in [0.29, 0.717) is 32.2 Å². The summed E-state index contributed by atoms with van der Waals surface area (Å²) >= 11 is 0. The van der Waals surface area contributed by atoms with Crippen molar-refractivity contribution in [3.8, 4) is 17.0 Å². The van der Waals surface area contributed by atoms with Crippen LogP contribution in [0.25, 0.3) is 11.3 Å². The fourth-order valence-corrected chi connectivity index (χ4v) is 6.82. The molecule has 0 bridgehead atoms. The van der Waals surface area contributed by atoms with Crippen LogP contribution in [0.4, 0.5) is 5.82 Å². The lowest BCUT2D eigenvalue weighted by Gasteiger charge is -2.38. The smallest absolute Gasteiger partial charge is 0.306 e. The van der Waals surface area contributed by atoms with Crippen molar-refractivity contribution >= 4 is 11.8 Å². The van der Waals surface area contributed by atoms with Gasteiger partial charge in [-0.1, -0.05) is 37.3 Å². The number of fused-ring (bicyclic) bond motifs is 1. The third kappa shape index (κ3) is 5.97. The lowest BCUT2D eigenvalue weighted by atomic mass is 9.87. The molecule has 0 saturated carbocycles. The normalized spacial score (nSPS) is 23.2. The topological polar surface area (TPSA) is 75.1 Å². The molecule has 0 unspecified atom stereocenters. The minimum atomic E-state index is -0.698. The summed E-state index contributed by atoms with van der Waals surface area (Å²) in [6, 6.07) is 19.2. The molecule has 3 aliphatic heterocycles. The molecule has 3 aliphatic rings. The molecule has 7 heteroatoms. The van der Waals surface area contributed by atoms with E-state index in [2.05, 4.69) is 34.9 Å². The minimum absolute atomic E-state index is 0.0755. The van der Waals surface area contributed by atoms with Crippen molar-refractivity contribution in [1.29, 1.82) is 0 Å². The Hall–Kier alpha value is -3.42. The summed E-state index contributed by atoms with van der Waals surface area (Å²) in [5, 5.41) is 9.50. The van der Waals surface area contributed by atoms with Crippen molar-refractivity contribution in [2.24, 2.45) is 11.8 Å². The van der Waals surface area contributed by atoms with Crippen molar-refractivity contribution in [3.05, 3.63) is 76.9 Å². The molecule has 4 heterocycles. The number of hydrogen-bond donors (Lipinski definition) is 1. The predicted octanol–water partition coefficient (Wildman–Crippen LogP) is 5.72. The van der Waals surface area contributed by atoms with Crippen molar-refractivity contribution in [2.75, 3.05) is 37.7 Å². The number of hydrogen-bond acceptors (Lipinski definition) is 6. The number of ether oxygens (including phenoxy) is 2. The SMILES string of the molecule is Cc1c(COc2ccccc2-c2cccc(N3CC[C@H](C(=O)O)[C@@H](C)C3)n2)ccc2c1CCN([C@H]1CCCOC1)C2. The van der Waals surface area contributed by atoms with E-state index in [4.69, 9.17) is 14.5 Å². The molecule has 3 aromatic rings. The van der Waals surface area contributed by atoms with E-state index in [1.165, 1.54) is 28.7 Å². The zero-order chi connectivity index (χ0) is 28.3. The Morgan fingerprint density at radius 1 is 1.10 bits per heavy atom. The Morgan fingerprint density at radius 3 is 2.78 bits per heavy atom. The van der Waals surface area contributed by atoms with E-state index >= 15 is 0 Å². The Labute approximate surface area is 243 Å². The molecule has 2 saturated heterocycles. The third-order valence-electron chi connectivity index (χ3n) is 9.31. The number of para-hydroxylation sites is 1. The summed E-state index contributed by atoms with van der Waals surface area (Å²) in [5.74, 6) is 0.784. The lowest BCUT2D eigenvalue weighted by molar-refractivity contribution is -0.144. The van der Waals surface area contributed by atoms with E-state index in [1.807, 2.05) is 43.3 Å². The Kier molecular flexibility index (Phi) is 8.26. The van der Waals surface area contributed by atoms with Gasteiger partial charge in [-0.3, -0.25) is 9.69 Å². The van der Waals surface area contributed by atoms with Crippen LogP contribution in [-0.4, -0.2) is 59.8 Å². The van der Waals surface area contributed by atoms with Crippen LogP contribution in [0.1, 0.15) is 48.4 Å². The number of aliphatic carboxylic acids is 1. The molecule has 2 fully saturated rings. The number of piperidine rings is 1. The molecule has 216 valence electrons. The van der Waals surface area contributed by atoms with Crippen LogP contribution in [0.5, 0.6) is 5.75 Å². The zero-order valence-electron chi connectivity index (χ0n) is 24.2. The zero-order valence-corrected chi connectivity index (χ0v) is 24.2. The first-order valence-corrected chi connectivity index (χ1v) is 15.1. The fraction of sp³-hybridized carbons (Fsp3) is 0.471. The summed E-state index contributed by atoms with van der Waals surface area (Å²) < 4.78 is 12.2. The van der Waals surface area contributed by atoms with Gasteiger partial charge in [0.05, 0.1) is 18.2 Å². The second-order valence-corrected chi connectivity index (χ2v) is 11.9. The first-order chi connectivity index (χ1) is 20.0. The van der Waals surface area contributed by atoms with Gasteiger partial charge in [-0.15, -0.1) is 0 Å². The molecule has 0 aliphatic carbocycles. The largest absolute Gasteiger partial charge is 0.488 e. The number of nitrogens with zero attached hydrogens (tertiary/aromatic N) is 3. The van der Waals surface area contributed by atoms with Gasteiger partial charge in [0.2, 0.25) is 0 Å². The van der Waals surface area contributed by atoms with Crippen LogP contribution in [0, 0.1) is 18.8 Å². The Bertz CT molecular complexity index is 1390. The van der Waals surface area contributed by atoms with Crippen LogP contribution in [0.2, 0.25) is 0 Å². The summed E-state index contributed by atoms with van der Waals surface area (Å²) in [7, 11) is 0. The highest BCUT2D eigenvalue weighted by Gasteiger charge is 2.32. The summed E-state index contributed by atoms with van der Waals surface area (Å²) in [6.45, 7) is 10.0. The van der Waals surface area contributed by atoms with Crippen molar-refractivity contribution < 1.29 is 19.4 Å². The van der Waals surface area contributed by atoms with Gasteiger partial charge in [-0.2, -0.15) is 0 Å². The van der Waals surface area contributed by atoms with Crippen molar-refractivity contribution in [3.63, 3.8) is 0 Å². The van der Waals surface area contributed by atoms with Gasteiger partial charge in [-0.25, -0.2) is 4.98 Å². The predicted molar refractivity (Wildman–Crippen MR) is 160 cm³/mol. The first kappa shape index (κ1) is 27.7. The highest BCUT2D eigenvalue weighted by atomic mass is 16.5. The molecule has 3 atom stereocenters. The van der Waals surface area contributed by atoms with E-state index in [0.717, 1.165) is 62.0 Å². The monoisotopic (exact) mass is 555 g/mol. The number of anilines is 1. The second kappa shape index (κ2) is 12.2. The standard InChI is InChI=1S/C34H41N3O4/c1-23-19-37(17-14-28(23)34(38)39)33-11-5-9-31(35-33)30-8-3-4-10-32(30)41-21-26-13-12-25-20-36(16-15-29(25)24(26)2)27-7-6-18-40-22-27/h3-5,8-13,23,27-28H,6-7,14-22H2,1-2H3,(H,38,39)/t23-,27-,28-/m0/s1. The lowest BCUT2D eigenvalue weighted by Crippen LogP contribution is -2.44. The number of aromatic nitrogens is 1. The molecular formula is C34H41N3O4. The molecule has 41 heavy (non-hydrogen) atoms. The van der Waals surface area contributed by atoms with Gasteiger partial charge in [0.25, 0.3) is 0 Å². The maximum Gasteiger partial charge on any atom is 0.306 e. The van der Waals surface area contributed by atoms with Gasteiger partial charge in [0.1, 0.15) is 18.2 Å². The molecule has 0 amide bonds. The van der Waals surface area contributed by atoms with Crippen LogP contribution >= 0.6 is 0 Å². The van der Waals surface area contributed by atoms with E-state index in [9.17, 15) is 9.90 Å². The highest BCUT2D eigenvalue weighted by molar-refractivity contribution is 5.71. The first-order valence-electron chi connectivity index (χ1n) is 15.1. The van der Waals surface area contributed by atoms with Gasteiger partial charge < -0.3 is 19.5 Å². The fourth-order valence-electron chi connectivity index (χ4n) is 6.82. The maximum absolute atomic E-state index is 11.6. The molecule has 0 radical (unpaired) electrons. The average Bonchev–Trinajstić information content (AvgIpc) is 3.01. The second-order valence-electron chi connectivity index (χ2n) is 11.9. The van der Waals surface area contributed by atoms with Gasteiger partial charge >= 0.3 is 5.97 Å². The van der Waals surface area contributed by atoms with Gasteiger partial charge in [-0.05, 0) is 85.0 Å². The summed E-state index contributed by atoms with van der Waals surface area (Å²) in [4.78, 5) is 21.4. The molecule has 6 rings (SSSR count). The van der Waals surface area contributed by atoms with E-state index < -0.39 is 5.97 Å². The van der Waals surface area contributed by atoms with Crippen LogP contribution < -0.4 is 9.64 Å². The van der Waals surface area contributed by atoms with Crippen molar-refractivity contribution in [1.82, 2.24) is 9.88 Å². The number of carbonyl (C=O) groups is 1. The van der Waals surface area contributed by atoms with Crippen LogP contribution in [0.3, 0.4) is 0 Å². The number of benzene rings is 2. The third-order valence-corrected chi connectivity index (χ3v) is 9.31. The molecule has 0 spiro atoms. The van der Waals surface area contributed by atoms with Gasteiger partial charge in [0.15, 0.2) is 0 Å². The molecular weight excluding hydrogens is 514 g/mol. The molecule has 1 N–H and O–H groups in total. The van der Waals surface area contributed by atoms with Crippen LogP contribution in [-0.2, 0) is 29.1 Å². The average molecular weight is 556 g/mol. The maximum atomic E-state index is 11.6. The Morgan fingerprint density at radius 2 is 1.98 bits per heavy atom. The van der Waals surface area contributed by atoms with E-state index in [-0.39, 0.29) is 11.8 Å². The highest BCUT2D eigenvalue weighted by Crippen LogP contribution is 2.33. The quantitative estimate of drug-likeness (QED) is 0.400. The van der Waals surface area contributed by atoms with Gasteiger partial charge in [0, 0.05) is 44.4 Å². The van der Waals surface area contributed by atoms with Crippen molar-refractivity contribution in [2.45, 2.75) is 58.7 Å².